The van der Waals surface area contributed by atoms with E-state index < -0.39 is 0 Å². The van der Waals surface area contributed by atoms with Gasteiger partial charge >= 0.3 is 0 Å². The molecule has 1 saturated carbocycles. The standard InChI is InChI=1S/C22H21FN6O/c1-13-20(27-28-26-13)15-7-8-24-18(9-15)21-22(29(2)12-25-21)16-5-6-17(23)19(10-16)30-11-14-3-4-14/h5-10,12,14H,3-4,11H2,1-2H3,(H,26,27,28). The highest BCUT2D eigenvalue weighted by Gasteiger charge is 2.23. The second-order valence-electron chi connectivity index (χ2n) is 7.67. The fourth-order valence-corrected chi connectivity index (χ4v) is 3.47. The average molecular weight is 404 g/mol. The van der Waals surface area contributed by atoms with E-state index in [1.165, 1.54) is 6.07 Å². The summed E-state index contributed by atoms with van der Waals surface area (Å²) in [7, 11) is 1.91. The van der Waals surface area contributed by atoms with Crippen LogP contribution >= 0.6 is 0 Å². The number of rotatable bonds is 6. The third-order valence-electron chi connectivity index (χ3n) is 5.31. The highest BCUT2D eigenvalue weighted by atomic mass is 19.1. The van der Waals surface area contributed by atoms with Crippen LogP contribution in [0.2, 0.25) is 0 Å². The monoisotopic (exact) mass is 404 g/mol. The van der Waals surface area contributed by atoms with Crippen molar-refractivity contribution in [3.05, 3.63) is 54.4 Å². The van der Waals surface area contributed by atoms with Gasteiger partial charge in [-0.15, -0.1) is 5.10 Å². The van der Waals surface area contributed by atoms with Crippen LogP contribution in [0.1, 0.15) is 18.5 Å². The van der Waals surface area contributed by atoms with E-state index in [1.54, 1.807) is 24.7 Å². The van der Waals surface area contributed by atoms with Crippen molar-refractivity contribution in [1.82, 2.24) is 29.9 Å². The van der Waals surface area contributed by atoms with Crippen LogP contribution in [-0.2, 0) is 7.05 Å². The maximum Gasteiger partial charge on any atom is 0.165 e. The van der Waals surface area contributed by atoms with Crippen LogP contribution in [0.5, 0.6) is 5.75 Å². The van der Waals surface area contributed by atoms with Gasteiger partial charge in [0.05, 0.1) is 30.0 Å². The number of ether oxygens (including phenoxy) is 1. The van der Waals surface area contributed by atoms with Gasteiger partial charge in [-0.05, 0) is 56.0 Å². The Labute approximate surface area is 173 Å². The summed E-state index contributed by atoms with van der Waals surface area (Å²) in [6.45, 7) is 2.47. The van der Waals surface area contributed by atoms with E-state index in [9.17, 15) is 4.39 Å². The summed E-state index contributed by atoms with van der Waals surface area (Å²) in [5.41, 5.74) is 5.62. The van der Waals surface area contributed by atoms with E-state index in [1.807, 2.05) is 30.7 Å². The zero-order chi connectivity index (χ0) is 20.7. The molecule has 0 aliphatic heterocycles. The van der Waals surface area contributed by atoms with Gasteiger partial charge in [0.2, 0.25) is 0 Å². The molecule has 1 fully saturated rings. The molecule has 0 atom stereocenters. The molecule has 0 unspecified atom stereocenters. The summed E-state index contributed by atoms with van der Waals surface area (Å²) in [4.78, 5) is 9.08. The highest BCUT2D eigenvalue weighted by molar-refractivity contribution is 5.79. The van der Waals surface area contributed by atoms with Crippen molar-refractivity contribution in [1.29, 1.82) is 0 Å². The third kappa shape index (κ3) is 3.45. The largest absolute Gasteiger partial charge is 0.490 e. The molecule has 1 N–H and O–H groups in total. The maximum absolute atomic E-state index is 14.3. The number of aromatic amines is 1. The lowest BCUT2D eigenvalue weighted by Gasteiger charge is -2.11. The number of hydrogen-bond acceptors (Lipinski definition) is 5. The number of nitrogens with zero attached hydrogens (tertiary/aromatic N) is 5. The van der Waals surface area contributed by atoms with Gasteiger partial charge in [0, 0.05) is 24.4 Å². The molecule has 0 saturated heterocycles. The molecule has 3 heterocycles. The Balaban J connectivity index is 1.54. The zero-order valence-corrected chi connectivity index (χ0v) is 16.8. The normalized spacial score (nSPS) is 13.6. The quantitative estimate of drug-likeness (QED) is 0.522. The third-order valence-corrected chi connectivity index (χ3v) is 5.31. The molecule has 0 bridgehead atoms. The summed E-state index contributed by atoms with van der Waals surface area (Å²) in [6, 6.07) is 8.75. The Morgan fingerprint density at radius 1 is 1.13 bits per heavy atom. The smallest absolute Gasteiger partial charge is 0.165 e. The molecule has 0 radical (unpaired) electrons. The lowest BCUT2D eigenvalue weighted by atomic mass is 10.1. The van der Waals surface area contributed by atoms with Gasteiger partial charge in [0.15, 0.2) is 11.6 Å². The number of pyridine rings is 1. The number of hydrogen-bond donors (Lipinski definition) is 1. The van der Waals surface area contributed by atoms with E-state index in [4.69, 9.17) is 4.74 Å². The van der Waals surface area contributed by atoms with Crippen molar-refractivity contribution in [2.24, 2.45) is 13.0 Å². The van der Waals surface area contributed by atoms with Gasteiger partial charge in [-0.25, -0.2) is 9.37 Å². The van der Waals surface area contributed by atoms with Gasteiger partial charge in [-0.1, -0.05) is 5.21 Å². The zero-order valence-electron chi connectivity index (χ0n) is 16.8. The number of benzene rings is 1. The Kier molecular flexibility index (Phi) is 4.54. The van der Waals surface area contributed by atoms with Crippen molar-refractivity contribution in [3.8, 4) is 39.7 Å². The van der Waals surface area contributed by atoms with Gasteiger partial charge in [-0.2, -0.15) is 0 Å². The van der Waals surface area contributed by atoms with Crippen LogP contribution in [-0.4, -0.2) is 36.6 Å². The van der Waals surface area contributed by atoms with Crippen LogP contribution in [0.4, 0.5) is 4.39 Å². The number of nitrogens with one attached hydrogen (secondary N) is 1. The second-order valence-corrected chi connectivity index (χ2v) is 7.67. The first kappa shape index (κ1) is 18.5. The summed E-state index contributed by atoms with van der Waals surface area (Å²) < 4.78 is 21.9. The van der Waals surface area contributed by atoms with Crippen molar-refractivity contribution in [2.75, 3.05) is 6.61 Å². The first-order chi connectivity index (χ1) is 14.6. The van der Waals surface area contributed by atoms with Crippen LogP contribution < -0.4 is 4.74 Å². The summed E-state index contributed by atoms with van der Waals surface area (Å²) in [6.07, 6.45) is 5.76. The first-order valence-corrected chi connectivity index (χ1v) is 9.88. The van der Waals surface area contributed by atoms with Gasteiger partial charge in [0.25, 0.3) is 0 Å². The number of imidazole rings is 1. The minimum atomic E-state index is -0.357. The van der Waals surface area contributed by atoms with Crippen LogP contribution in [0.25, 0.3) is 33.9 Å². The van der Waals surface area contributed by atoms with E-state index in [2.05, 4.69) is 25.4 Å². The first-order valence-electron chi connectivity index (χ1n) is 9.88. The number of aromatic nitrogens is 6. The molecule has 30 heavy (non-hydrogen) atoms. The molecule has 0 amide bonds. The summed E-state index contributed by atoms with van der Waals surface area (Å²) in [5, 5.41) is 10.9. The van der Waals surface area contributed by atoms with Crippen LogP contribution in [0.15, 0.2) is 42.9 Å². The number of H-pyrrole nitrogens is 1. The van der Waals surface area contributed by atoms with Gasteiger partial charge in [-0.3, -0.25) is 10.1 Å². The maximum atomic E-state index is 14.3. The minimum absolute atomic E-state index is 0.270. The lowest BCUT2D eigenvalue weighted by molar-refractivity contribution is 0.285. The van der Waals surface area contributed by atoms with E-state index in [0.717, 1.165) is 41.1 Å². The second kappa shape index (κ2) is 7.37. The average Bonchev–Trinajstić information content (AvgIpc) is 3.36. The lowest BCUT2D eigenvalue weighted by Crippen LogP contribution is -2.01. The Morgan fingerprint density at radius 2 is 2.00 bits per heavy atom. The van der Waals surface area contributed by atoms with Crippen molar-refractivity contribution >= 4 is 0 Å². The molecular formula is C22H21FN6O. The number of halogens is 1. The van der Waals surface area contributed by atoms with Gasteiger partial charge in [0.1, 0.15) is 11.4 Å². The summed E-state index contributed by atoms with van der Waals surface area (Å²) >= 11 is 0. The van der Waals surface area contributed by atoms with E-state index >= 15 is 0 Å². The Hall–Kier alpha value is -3.55. The van der Waals surface area contributed by atoms with Crippen molar-refractivity contribution in [3.63, 3.8) is 0 Å². The summed E-state index contributed by atoms with van der Waals surface area (Å²) in [5.74, 6) is 0.462. The van der Waals surface area contributed by atoms with Crippen LogP contribution in [0, 0.1) is 18.7 Å². The molecule has 4 aromatic rings. The minimum Gasteiger partial charge on any atom is -0.490 e. The Morgan fingerprint density at radius 3 is 2.77 bits per heavy atom. The molecule has 3 aromatic heterocycles. The Bertz CT molecular complexity index is 1210. The topological polar surface area (TPSA) is 81.5 Å². The van der Waals surface area contributed by atoms with Gasteiger partial charge < -0.3 is 9.30 Å². The number of aryl methyl sites for hydroxylation is 2. The van der Waals surface area contributed by atoms with Crippen LogP contribution in [0.3, 0.4) is 0 Å². The predicted molar refractivity (Wildman–Crippen MR) is 110 cm³/mol. The molecule has 8 heteroatoms. The molecule has 152 valence electrons. The highest BCUT2D eigenvalue weighted by Crippen LogP contribution is 2.35. The van der Waals surface area contributed by atoms with Crippen molar-refractivity contribution < 1.29 is 9.13 Å². The molecule has 0 spiro atoms. The van der Waals surface area contributed by atoms with E-state index in [-0.39, 0.29) is 11.6 Å². The molecular weight excluding hydrogens is 383 g/mol. The SMILES string of the molecule is Cc1[nH]nnc1-c1ccnc(-c2ncn(C)c2-c2ccc(F)c(OCC3CC3)c2)c1. The predicted octanol–water partition coefficient (Wildman–Crippen LogP) is 4.17. The fraction of sp³-hybridized carbons (Fsp3) is 0.273. The van der Waals surface area contributed by atoms with Crippen molar-refractivity contribution in [2.45, 2.75) is 19.8 Å². The molecule has 1 aromatic carbocycles. The molecule has 1 aliphatic carbocycles. The molecule has 7 nitrogen and oxygen atoms in total. The fourth-order valence-electron chi connectivity index (χ4n) is 3.47. The van der Waals surface area contributed by atoms with E-state index in [0.29, 0.717) is 23.9 Å². The molecule has 1 aliphatic rings. The molecule has 5 rings (SSSR count).